The van der Waals surface area contributed by atoms with Crippen molar-refractivity contribution in [1.29, 1.82) is 0 Å². The molecule has 120 valence electrons. The number of nitrogens with zero attached hydrogens (tertiary/aromatic N) is 3. The lowest BCUT2D eigenvalue weighted by molar-refractivity contribution is -0.138. The first-order chi connectivity index (χ1) is 10.4. The molecule has 0 unspecified atom stereocenters. The zero-order valence-electron chi connectivity index (χ0n) is 14.2. The molecule has 0 spiro atoms. The molecule has 1 fully saturated rings. The van der Waals surface area contributed by atoms with Crippen LogP contribution in [0.25, 0.3) is 0 Å². The molecule has 0 aliphatic carbocycles. The lowest BCUT2D eigenvalue weighted by Gasteiger charge is -2.40. The Hall–Kier alpha value is -1.71. The quantitative estimate of drug-likeness (QED) is 0.780. The van der Waals surface area contributed by atoms with E-state index in [0.29, 0.717) is 13.0 Å². The van der Waals surface area contributed by atoms with Gasteiger partial charge in [0.25, 0.3) is 0 Å². The van der Waals surface area contributed by atoms with E-state index in [1.165, 1.54) is 5.57 Å². The summed E-state index contributed by atoms with van der Waals surface area (Å²) in [6.45, 7) is 9.88. The van der Waals surface area contributed by atoms with Gasteiger partial charge in [-0.05, 0) is 45.4 Å². The zero-order chi connectivity index (χ0) is 16.2. The van der Waals surface area contributed by atoms with Crippen LogP contribution in [0.15, 0.2) is 24.0 Å². The highest BCUT2D eigenvalue weighted by atomic mass is 16.2. The molecule has 0 bridgehead atoms. The summed E-state index contributed by atoms with van der Waals surface area (Å²) in [6, 6.07) is 0. The molecule has 2 rings (SSSR count). The molecular weight excluding hydrogens is 274 g/mol. The summed E-state index contributed by atoms with van der Waals surface area (Å²) < 4.78 is 0. The molecule has 1 atom stereocenters. The highest BCUT2D eigenvalue weighted by Crippen LogP contribution is 2.35. The van der Waals surface area contributed by atoms with E-state index >= 15 is 0 Å². The van der Waals surface area contributed by atoms with Crippen LogP contribution in [0, 0.1) is 12.3 Å². The second kappa shape index (κ2) is 7.03. The van der Waals surface area contributed by atoms with E-state index in [4.69, 9.17) is 0 Å². The van der Waals surface area contributed by atoms with Crippen LogP contribution >= 0.6 is 0 Å². The highest BCUT2D eigenvalue weighted by molar-refractivity contribution is 5.77. The molecule has 4 heteroatoms. The van der Waals surface area contributed by atoms with Crippen molar-refractivity contribution < 1.29 is 4.79 Å². The SMILES string of the molecule is CC(C)=CCC[C@@]1(C)CCC(=O)N(Cc2cnc(C)cn2)C1. The standard InChI is InChI=1S/C18H27N3O/c1-14(2)6-5-8-18(4)9-7-17(22)21(13-18)12-16-11-19-15(3)10-20-16/h6,10-11H,5,7-9,12-13H2,1-4H3/t18-/m0/s1. The Morgan fingerprint density at radius 3 is 2.77 bits per heavy atom. The van der Waals surface area contributed by atoms with Crippen LogP contribution in [0.1, 0.15) is 57.8 Å². The minimum absolute atomic E-state index is 0.206. The van der Waals surface area contributed by atoms with Crippen LogP contribution in [0.5, 0.6) is 0 Å². The predicted octanol–water partition coefficient (Wildman–Crippen LogP) is 3.66. The van der Waals surface area contributed by atoms with Crippen molar-refractivity contribution in [2.75, 3.05) is 6.54 Å². The van der Waals surface area contributed by atoms with Gasteiger partial charge < -0.3 is 4.90 Å². The van der Waals surface area contributed by atoms with Crippen molar-refractivity contribution in [1.82, 2.24) is 14.9 Å². The van der Waals surface area contributed by atoms with Crippen molar-refractivity contribution in [2.45, 2.75) is 59.9 Å². The summed E-state index contributed by atoms with van der Waals surface area (Å²) in [5.41, 5.74) is 3.34. The Bertz CT molecular complexity index is 546. The van der Waals surface area contributed by atoms with E-state index in [1.807, 2.05) is 11.8 Å². The Morgan fingerprint density at radius 1 is 1.36 bits per heavy atom. The summed E-state index contributed by atoms with van der Waals surface area (Å²) in [4.78, 5) is 22.8. The summed E-state index contributed by atoms with van der Waals surface area (Å²) >= 11 is 0. The van der Waals surface area contributed by atoms with E-state index < -0.39 is 0 Å². The number of aromatic nitrogens is 2. The van der Waals surface area contributed by atoms with Crippen LogP contribution in [-0.2, 0) is 11.3 Å². The second-order valence-corrected chi connectivity index (χ2v) is 7.03. The minimum atomic E-state index is 0.206. The minimum Gasteiger partial charge on any atom is -0.336 e. The van der Waals surface area contributed by atoms with Gasteiger partial charge in [-0.2, -0.15) is 0 Å². The summed E-state index contributed by atoms with van der Waals surface area (Å²) in [6.07, 6.45) is 9.67. The summed E-state index contributed by atoms with van der Waals surface area (Å²) in [5.74, 6) is 0.238. The summed E-state index contributed by atoms with van der Waals surface area (Å²) in [7, 11) is 0. The Morgan fingerprint density at radius 2 is 2.14 bits per heavy atom. The maximum atomic E-state index is 12.2. The normalized spacial score (nSPS) is 21.8. The van der Waals surface area contributed by atoms with Gasteiger partial charge in [0.2, 0.25) is 5.91 Å². The lowest BCUT2D eigenvalue weighted by atomic mass is 9.77. The van der Waals surface area contributed by atoms with Gasteiger partial charge in [0, 0.05) is 19.2 Å². The highest BCUT2D eigenvalue weighted by Gasteiger charge is 2.34. The fourth-order valence-electron chi connectivity index (χ4n) is 2.95. The number of amides is 1. The molecule has 1 amide bonds. The molecule has 1 aliphatic heterocycles. The molecule has 4 nitrogen and oxygen atoms in total. The first kappa shape index (κ1) is 16.7. The van der Waals surface area contributed by atoms with Crippen molar-refractivity contribution in [2.24, 2.45) is 5.41 Å². The van der Waals surface area contributed by atoms with Crippen LogP contribution in [0.3, 0.4) is 0 Å². The van der Waals surface area contributed by atoms with Crippen molar-refractivity contribution in [3.05, 3.63) is 35.4 Å². The first-order valence-electron chi connectivity index (χ1n) is 8.07. The Labute approximate surface area is 133 Å². The molecule has 0 aromatic carbocycles. The number of likely N-dealkylation sites (tertiary alicyclic amines) is 1. The fourth-order valence-corrected chi connectivity index (χ4v) is 2.95. The number of allylic oxidation sites excluding steroid dienone is 2. The molecule has 0 radical (unpaired) electrons. The fraction of sp³-hybridized carbons (Fsp3) is 0.611. The molecule has 1 aromatic rings. The largest absolute Gasteiger partial charge is 0.336 e. The van der Waals surface area contributed by atoms with Crippen LogP contribution in [0.2, 0.25) is 0 Å². The van der Waals surface area contributed by atoms with Gasteiger partial charge >= 0.3 is 0 Å². The number of aryl methyl sites for hydroxylation is 1. The van der Waals surface area contributed by atoms with Crippen LogP contribution < -0.4 is 0 Å². The number of hydrogen-bond donors (Lipinski definition) is 0. The molecule has 2 heterocycles. The second-order valence-electron chi connectivity index (χ2n) is 7.03. The van der Waals surface area contributed by atoms with Crippen LogP contribution in [0.4, 0.5) is 0 Å². The van der Waals surface area contributed by atoms with E-state index in [-0.39, 0.29) is 11.3 Å². The molecule has 1 saturated heterocycles. The van der Waals surface area contributed by atoms with Gasteiger partial charge in [-0.15, -0.1) is 0 Å². The lowest BCUT2D eigenvalue weighted by Crippen LogP contribution is -2.44. The number of piperidine rings is 1. The zero-order valence-corrected chi connectivity index (χ0v) is 14.2. The molecule has 0 saturated carbocycles. The van der Waals surface area contributed by atoms with Gasteiger partial charge in [0.05, 0.1) is 24.1 Å². The van der Waals surface area contributed by atoms with Gasteiger partial charge in [-0.3, -0.25) is 14.8 Å². The van der Waals surface area contributed by atoms with E-state index in [0.717, 1.165) is 37.2 Å². The third kappa shape index (κ3) is 4.65. The van der Waals surface area contributed by atoms with Gasteiger partial charge in [0.1, 0.15) is 0 Å². The van der Waals surface area contributed by atoms with E-state index in [1.54, 1.807) is 12.4 Å². The van der Waals surface area contributed by atoms with Gasteiger partial charge in [0.15, 0.2) is 0 Å². The van der Waals surface area contributed by atoms with Crippen LogP contribution in [-0.4, -0.2) is 27.3 Å². The Balaban J connectivity index is 1.99. The molecule has 22 heavy (non-hydrogen) atoms. The number of rotatable bonds is 5. The van der Waals surface area contributed by atoms with Crippen molar-refractivity contribution in [3.63, 3.8) is 0 Å². The van der Waals surface area contributed by atoms with Crippen molar-refractivity contribution >= 4 is 5.91 Å². The predicted molar refractivity (Wildman–Crippen MR) is 88.2 cm³/mol. The molecule has 0 N–H and O–H groups in total. The molecule has 1 aromatic heterocycles. The summed E-state index contributed by atoms with van der Waals surface area (Å²) in [5, 5.41) is 0. The number of carbonyl (C=O) groups is 1. The van der Waals surface area contributed by atoms with Gasteiger partial charge in [-0.25, -0.2) is 0 Å². The monoisotopic (exact) mass is 301 g/mol. The van der Waals surface area contributed by atoms with Crippen molar-refractivity contribution in [3.8, 4) is 0 Å². The number of hydrogen-bond acceptors (Lipinski definition) is 3. The van der Waals surface area contributed by atoms with E-state index in [2.05, 4.69) is 36.8 Å². The molecule has 1 aliphatic rings. The smallest absolute Gasteiger partial charge is 0.222 e. The topological polar surface area (TPSA) is 46.1 Å². The average Bonchev–Trinajstić information content (AvgIpc) is 2.45. The Kier molecular flexibility index (Phi) is 5.33. The first-order valence-corrected chi connectivity index (χ1v) is 8.07. The average molecular weight is 301 g/mol. The maximum Gasteiger partial charge on any atom is 0.222 e. The maximum absolute atomic E-state index is 12.2. The van der Waals surface area contributed by atoms with E-state index in [9.17, 15) is 4.79 Å². The number of carbonyl (C=O) groups excluding carboxylic acids is 1. The third-order valence-electron chi connectivity index (χ3n) is 4.36. The third-order valence-corrected chi connectivity index (χ3v) is 4.36. The van der Waals surface area contributed by atoms with Gasteiger partial charge in [-0.1, -0.05) is 18.6 Å². The molecular formula is C18H27N3O.